The molecule has 1 aliphatic heterocycles. The summed E-state index contributed by atoms with van der Waals surface area (Å²) in [5.41, 5.74) is -0.942. The Balaban J connectivity index is 1.99. The molecule has 0 aliphatic carbocycles. The number of hydrogen-bond donors (Lipinski definition) is 2. The zero-order valence-corrected chi connectivity index (χ0v) is 14.1. The smallest absolute Gasteiger partial charge is 0.339 e. The van der Waals surface area contributed by atoms with Crippen LogP contribution in [0, 0.1) is 0 Å². The van der Waals surface area contributed by atoms with Crippen molar-refractivity contribution in [1.29, 1.82) is 0 Å². The lowest BCUT2D eigenvalue weighted by Crippen LogP contribution is -2.33. The molecular weight excluding hydrogens is 352 g/mol. The summed E-state index contributed by atoms with van der Waals surface area (Å²) in [6.45, 7) is 0. The van der Waals surface area contributed by atoms with E-state index in [1.54, 1.807) is 48.5 Å². The van der Waals surface area contributed by atoms with E-state index in [1.807, 2.05) is 0 Å². The van der Waals surface area contributed by atoms with Crippen molar-refractivity contribution in [3.8, 4) is 17.3 Å². The summed E-state index contributed by atoms with van der Waals surface area (Å²) < 4.78 is 11.4. The Hall–Kier alpha value is -3.81. The third kappa shape index (κ3) is 2.50. The number of esters is 1. The third-order valence-electron chi connectivity index (χ3n) is 4.40. The Kier molecular flexibility index (Phi) is 3.80. The van der Waals surface area contributed by atoms with Crippen molar-refractivity contribution in [3.05, 3.63) is 86.1 Å². The summed E-state index contributed by atoms with van der Waals surface area (Å²) >= 11 is 0. The number of ether oxygens (including phenoxy) is 2. The highest BCUT2D eigenvalue weighted by atomic mass is 16.5. The quantitative estimate of drug-likeness (QED) is 0.680. The first-order valence-electron chi connectivity index (χ1n) is 8.04. The third-order valence-corrected chi connectivity index (χ3v) is 4.40. The number of H-pyrrole nitrogens is 1. The van der Waals surface area contributed by atoms with E-state index in [1.165, 1.54) is 7.11 Å². The second-order valence-electron chi connectivity index (χ2n) is 5.88. The van der Waals surface area contributed by atoms with Gasteiger partial charge in [0.1, 0.15) is 11.3 Å². The summed E-state index contributed by atoms with van der Waals surface area (Å²) in [4.78, 5) is 39.1. The Morgan fingerprint density at radius 3 is 2.56 bits per heavy atom. The van der Waals surface area contributed by atoms with Gasteiger partial charge in [-0.2, -0.15) is 0 Å². The van der Waals surface area contributed by atoms with Gasteiger partial charge in [-0.25, -0.2) is 14.2 Å². The Morgan fingerprint density at radius 2 is 1.78 bits per heavy atom. The molecule has 0 saturated carbocycles. The van der Waals surface area contributed by atoms with Crippen LogP contribution < -0.4 is 16.0 Å². The molecular formula is C19H14N2O6. The zero-order chi connectivity index (χ0) is 19.1. The fraction of sp³-hybridized carbons (Fsp3) is 0.105. The summed E-state index contributed by atoms with van der Waals surface area (Å²) in [6.07, 6.45) is -1.13. The molecule has 0 bridgehead atoms. The average Bonchev–Trinajstić information content (AvgIpc) is 2.99. The van der Waals surface area contributed by atoms with Crippen LogP contribution in [0.5, 0.6) is 11.6 Å². The van der Waals surface area contributed by atoms with E-state index in [2.05, 4.69) is 4.98 Å². The van der Waals surface area contributed by atoms with Gasteiger partial charge in [0.25, 0.3) is 5.56 Å². The van der Waals surface area contributed by atoms with Gasteiger partial charge in [-0.15, -0.1) is 0 Å². The fourth-order valence-corrected chi connectivity index (χ4v) is 3.17. The highest BCUT2D eigenvalue weighted by molar-refractivity contribution is 5.94. The van der Waals surface area contributed by atoms with Crippen LogP contribution in [0.15, 0.2) is 58.1 Å². The summed E-state index contributed by atoms with van der Waals surface area (Å²) in [7, 11) is 1.42. The molecule has 0 fully saturated rings. The first-order valence-corrected chi connectivity index (χ1v) is 8.04. The second kappa shape index (κ2) is 6.17. The molecule has 8 nitrogen and oxygen atoms in total. The molecule has 0 radical (unpaired) electrons. The standard InChI is InChI=1S/C19H14N2O6/c1-26-13-9-5-4-8-12(13)21-17(23)14(16(22)20-19(21)25)15-10-6-2-3-7-11(10)18(24)27-15/h2-9,15,23H,1H3,(H,20,22,25)/t15-/m1/s1. The minimum Gasteiger partial charge on any atom is -0.495 e. The van der Waals surface area contributed by atoms with Crippen LogP contribution in [0.1, 0.15) is 27.6 Å². The predicted molar refractivity (Wildman–Crippen MR) is 94.6 cm³/mol. The number of aromatic nitrogens is 2. The minimum atomic E-state index is -1.13. The molecule has 1 aliphatic rings. The molecule has 0 spiro atoms. The van der Waals surface area contributed by atoms with E-state index in [0.717, 1.165) is 4.57 Å². The van der Waals surface area contributed by atoms with Crippen molar-refractivity contribution in [2.75, 3.05) is 7.11 Å². The van der Waals surface area contributed by atoms with Crippen LogP contribution in [-0.4, -0.2) is 27.7 Å². The van der Waals surface area contributed by atoms with Crippen molar-refractivity contribution >= 4 is 5.97 Å². The molecule has 2 aromatic carbocycles. The first kappa shape index (κ1) is 16.6. The molecule has 3 aromatic rings. The highest BCUT2D eigenvalue weighted by Gasteiger charge is 2.36. The van der Waals surface area contributed by atoms with E-state index in [-0.39, 0.29) is 11.3 Å². The number of methoxy groups -OCH3 is 1. The first-order chi connectivity index (χ1) is 13.0. The molecule has 0 unspecified atom stereocenters. The second-order valence-corrected chi connectivity index (χ2v) is 5.88. The zero-order valence-electron chi connectivity index (χ0n) is 14.1. The largest absolute Gasteiger partial charge is 0.495 e. The number of rotatable bonds is 3. The maximum absolute atomic E-state index is 12.5. The normalized spacial score (nSPS) is 15.3. The van der Waals surface area contributed by atoms with Crippen LogP contribution >= 0.6 is 0 Å². The number of carbonyl (C=O) groups excluding carboxylic acids is 1. The molecule has 27 heavy (non-hydrogen) atoms. The van der Waals surface area contributed by atoms with E-state index in [4.69, 9.17) is 9.47 Å². The highest BCUT2D eigenvalue weighted by Crippen LogP contribution is 2.38. The lowest BCUT2D eigenvalue weighted by atomic mass is 10.0. The molecule has 4 rings (SSSR count). The number of cyclic esters (lactones) is 1. The van der Waals surface area contributed by atoms with Crippen molar-refractivity contribution in [1.82, 2.24) is 9.55 Å². The van der Waals surface area contributed by atoms with Crippen LogP contribution in [0.4, 0.5) is 0 Å². The lowest BCUT2D eigenvalue weighted by molar-refractivity contribution is 0.0449. The van der Waals surface area contributed by atoms with Crippen LogP contribution in [-0.2, 0) is 4.74 Å². The van der Waals surface area contributed by atoms with Crippen molar-refractivity contribution < 1.29 is 19.4 Å². The lowest BCUT2D eigenvalue weighted by Gasteiger charge is -2.17. The molecule has 2 N–H and O–H groups in total. The summed E-state index contributed by atoms with van der Waals surface area (Å²) in [5, 5.41) is 10.8. The number of aromatic amines is 1. The number of para-hydroxylation sites is 2. The van der Waals surface area contributed by atoms with Crippen LogP contribution in [0.2, 0.25) is 0 Å². The van der Waals surface area contributed by atoms with Gasteiger partial charge in [0.15, 0.2) is 6.10 Å². The van der Waals surface area contributed by atoms with Gasteiger partial charge in [-0.1, -0.05) is 30.3 Å². The number of nitrogens with one attached hydrogen (secondary N) is 1. The van der Waals surface area contributed by atoms with Gasteiger partial charge >= 0.3 is 11.7 Å². The van der Waals surface area contributed by atoms with Gasteiger partial charge in [0.05, 0.1) is 18.4 Å². The average molecular weight is 366 g/mol. The van der Waals surface area contributed by atoms with Crippen LogP contribution in [0.3, 0.4) is 0 Å². The maximum atomic E-state index is 12.5. The van der Waals surface area contributed by atoms with Gasteiger partial charge < -0.3 is 14.6 Å². The Morgan fingerprint density at radius 1 is 1.07 bits per heavy atom. The molecule has 8 heteroatoms. The van der Waals surface area contributed by atoms with Gasteiger partial charge in [-0.3, -0.25) is 9.78 Å². The molecule has 1 aromatic heterocycles. The monoisotopic (exact) mass is 366 g/mol. The molecule has 136 valence electrons. The van der Waals surface area contributed by atoms with Crippen molar-refractivity contribution in [3.63, 3.8) is 0 Å². The van der Waals surface area contributed by atoms with E-state index >= 15 is 0 Å². The number of fused-ring (bicyclic) bond motifs is 1. The molecule has 2 heterocycles. The Bertz CT molecular complexity index is 1180. The maximum Gasteiger partial charge on any atom is 0.339 e. The van der Waals surface area contributed by atoms with E-state index in [9.17, 15) is 19.5 Å². The molecule has 0 amide bonds. The van der Waals surface area contributed by atoms with E-state index < -0.39 is 29.2 Å². The van der Waals surface area contributed by atoms with Gasteiger partial charge in [0, 0.05) is 5.56 Å². The SMILES string of the molecule is COc1ccccc1-n1c(O)c([C@@H]2OC(=O)c3ccccc32)c(=O)[nH]c1=O. The topological polar surface area (TPSA) is 111 Å². The summed E-state index contributed by atoms with van der Waals surface area (Å²) in [5.74, 6) is -0.913. The van der Waals surface area contributed by atoms with E-state index in [0.29, 0.717) is 16.9 Å². The minimum absolute atomic E-state index is 0.234. The van der Waals surface area contributed by atoms with Gasteiger partial charge in [0.2, 0.25) is 5.88 Å². The fourth-order valence-electron chi connectivity index (χ4n) is 3.17. The molecule has 1 atom stereocenters. The number of benzene rings is 2. The van der Waals surface area contributed by atoms with Crippen molar-refractivity contribution in [2.45, 2.75) is 6.10 Å². The number of hydrogen-bond acceptors (Lipinski definition) is 6. The van der Waals surface area contributed by atoms with Crippen LogP contribution in [0.25, 0.3) is 5.69 Å². The number of carbonyl (C=O) groups is 1. The number of nitrogens with zero attached hydrogens (tertiary/aromatic N) is 1. The number of aromatic hydroxyl groups is 1. The Labute approximate surface area is 152 Å². The molecule has 0 saturated heterocycles. The van der Waals surface area contributed by atoms with Gasteiger partial charge in [-0.05, 0) is 18.2 Å². The summed E-state index contributed by atoms with van der Waals surface area (Å²) in [6, 6.07) is 13.1. The predicted octanol–water partition coefficient (Wildman–Crippen LogP) is 1.50. The van der Waals surface area contributed by atoms with Crippen molar-refractivity contribution in [2.24, 2.45) is 0 Å².